The van der Waals surface area contributed by atoms with Crippen LogP contribution < -0.4 is 0 Å². The molecule has 0 aromatic carbocycles. The van der Waals surface area contributed by atoms with Crippen molar-refractivity contribution < 1.29 is 9.90 Å². The smallest absolute Gasteiger partial charge is 0.160 e. The molecule has 1 aliphatic rings. The minimum absolute atomic E-state index is 0.112. The fourth-order valence-corrected chi connectivity index (χ4v) is 4.92. The highest BCUT2D eigenvalue weighted by Crippen LogP contribution is 2.44. The molecule has 2 aromatic heterocycles. The van der Waals surface area contributed by atoms with Crippen molar-refractivity contribution in [1.29, 1.82) is 0 Å². The van der Waals surface area contributed by atoms with E-state index in [1.54, 1.807) is 22.7 Å². The number of aldehydes is 1. The van der Waals surface area contributed by atoms with Gasteiger partial charge in [0.05, 0.1) is 11.5 Å². The average molecular weight is 318 g/mol. The molecule has 0 spiro atoms. The molecule has 1 N–H and O–H groups in total. The van der Waals surface area contributed by atoms with Crippen LogP contribution in [0.4, 0.5) is 0 Å². The highest BCUT2D eigenvalue weighted by molar-refractivity contribution is 7.13. The number of hydrogen-bond acceptors (Lipinski definition) is 4. The van der Waals surface area contributed by atoms with Gasteiger partial charge in [0.15, 0.2) is 6.29 Å². The number of hydrogen-bond donors (Lipinski definition) is 1. The molecule has 0 amide bonds. The largest absolute Gasteiger partial charge is 0.391 e. The highest BCUT2D eigenvalue weighted by atomic mass is 32.1. The van der Waals surface area contributed by atoms with E-state index in [0.717, 1.165) is 28.9 Å². The molecule has 0 bridgehead atoms. The molecule has 0 saturated carbocycles. The van der Waals surface area contributed by atoms with Crippen LogP contribution in [0.25, 0.3) is 11.1 Å². The summed E-state index contributed by atoms with van der Waals surface area (Å²) >= 11 is 3.25. The average Bonchev–Trinajstić information content (AvgIpc) is 3.16. The van der Waals surface area contributed by atoms with Gasteiger partial charge in [-0.15, -0.1) is 22.7 Å². The van der Waals surface area contributed by atoms with Crippen molar-refractivity contribution in [1.82, 2.24) is 0 Å². The van der Waals surface area contributed by atoms with Crippen LogP contribution in [-0.4, -0.2) is 11.4 Å². The summed E-state index contributed by atoms with van der Waals surface area (Å²) in [4.78, 5) is 15.3. The second-order valence-corrected chi connectivity index (χ2v) is 8.02. The molecule has 3 rings (SSSR count). The number of aliphatic hydroxyl groups excluding tert-OH is 1. The van der Waals surface area contributed by atoms with Crippen molar-refractivity contribution in [3.05, 3.63) is 42.8 Å². The molecule has 21 heavy (non-hydrogen) atoms. The van der Waals surface area contributed by atoms with E-state index in [4.69, 9.17) is 0 Å². The Morgan fingerprint density at radius 3 is 2.24 bits per heavy atom. The van der Waals surface area contributed by atoms with Gasteiger partial charge in [-0.3, -0.25) is 4.79 Å². The fourth-order valence-electron chi connectivity index (χ4n) is 3.12. The Morgan fingerprint density at radius 1 is 1.10 bits per heavy atom. The summed E-state index contributed by atoms with van der Waals surface area (Å²) in [6.07, 6.45) is 4.27. The van der Waals surface area contributed by atoms with Gasteiger partial charge >= 0.3 is 0 Å². The topological polar surface area (TPSA) is 37.3 Å². The lowest BCUT2D eigenvalue weighted by molar-refractivity contribution is 0.112. The van der Waals surface area contributed by atoms with Crippen molar-refractivity contribution in [2.45, 2.75) is 39.7 Å². The fraction of sp³-hybridized carbons (Fsp3) is 0.353. The van der Waals surface area contributed by atoms with Crippen LogP contribution >= 0.6 is 22.7 Å². The summed E-state index contributed by atoms with van der Waals surface area (Å²) in [6.45, 7) is 4.33. The molecular formula is C17H18O2S2. The molecule has 2 nitrogen and oxygen atoms in total. The monoisotopic (exact) mass is 318 g/mol. The van der Waals surface area contributed by atoms with E-state index < -0.39 is 0 Å². The predicted molar refractivity (Wildman–Crippen MR) is 90.1 cm³/mol. The van der Waals surface area contributed by atoms with Gasteiger partial charge in [-0.1, -0.05) is 0 Å². The molecule has 0 saturated heterocycles. The zero-order valence-electron chi connectivity index (χ0n) is 12.2. The number of aliphatic hydroxyl groups is 1. The minimum atomic E-state index is 0.112. The Morgan fingerprint density at radius 2 is 1.71 bits per heavy atom. The Kier molecular flexibility index (Phi) is 4.11. The molecule has 0 radical (unpaired) electrons. The van der Waals surface area contributed by atoms with Crippen molar-refractivity contribution in [2.75, 3.05) is 0 Å². The van der Waals surface area contributed by atoms with Crippen LogP contribution in [0.1, 0.15) is 54.7 Å². The SMILES string of the molecule is Cc1sc(C=O)cc1C1=C(c2cc(CO)sc2C)CCC1. The van der Waals surface area contributed by atoms with Crippen LogP contribution in [0.5, 0.6) is 0 Å². The van der Waals surface area contributed by atoms with E-state index in [9.17, 15) is 9.90 Å². The molecule has 4 heteroatoms. The number of rotatable bonds is 4. The molecule has 0 atom stereocenters. The van der Waals surface area contributed by atoms with Gasteiger partial charge in [0.1, 0.15) is 0 Å². The molecule has 110 valence electrons. The second kappa shape index (κ2) is 5.87. The zero-order chi connectivity index (χ0) is 15.0. The van der Waals surface area contributed by atoms with Gasteiger partial charge in [-0.25, -0.2) is 0 Å². The van der Waals surface area contributed by atoms with Gasteiger partial charge in [0.25, 0.3) is 0 Å². The molecule has 1 aliphatic carbocycles. The van der Waals surface area contributed by atoms with E-state index in [0.29, 0.717) is 0 Å². The lowest BCUT2D eigenvalue weighted by atomic mass is 9.97. The molecule has 2 heterocycles. The number of thiophene rings is 2. The van der Waals surface area contributed by atoms with E-state index in [1.165, 1.54) is 38.4 Å². The summed E-state index contributed by atoms with van der Waals surface area (Å²) in [7, 11) is 0. The minimum Gasteiger partial charge on any atom is -0.391 e. The standard InChI is InChI=1S/C17H18O2S2/c1-10-16(6-12(8-18)20-10)14-4-3-5-15(14)17-7-13(9-19)21-11(17)2/h6-8,19H,3-5,9H2,1-2H3. The van der Waals surface area contributed by atoms with Gasteiger partial charge in [0.2, 0.25) is 0 Å². The molecule has 0 aliphatic heterocycles. The van der Waals surface area contributed by atoms with Crippen LogP contribution in [0.15, 0.2) is 12.1 Å². The molecule has 0 fully saturated rings. The van der Waals surface area contributed by atoms with Crippen molar-refractivity contribution in [2.24, 2.45) is 0 Å². The lowest BCUT2D eigenvalue weighted by Crippen LogP contribution is -1.86. The van der Waals surface area contributed by atoms with E-state index in [-0.39, 0.29) is 6.61 Å². The van der Waals surface area contributed by atoms with Crippen LogP contribution in [0.3, 0.4) is 0 Å². The quantitative estimate of drug-likeness (QED) is 0.820. The third-order valence-corrected chi connectivity index (χ3v) is 6.06. The highest BCUT2D eigenvalue weighted by Gasteiger charge is 2.22. The predicted octanol–water partition coefficient (Wildman–Crippen LogP) is 4.83. The van der Waals surface area contributed by atoms with E-state index >= 15 is 0 Å². The first-order chi connectivity index (χ1) is 10.1. The first-order valence-electron chi connectivity index (χ1n) is 7.12. The maximum absolute atomic E-state index is 11.0. The summed E-state index contributed by atoms with van der Waals surface area (Å²) < 4.78 is 0. The van der Waals surface area contributed by atoms with Crippen LogP contribution in [-0.2, 0) is 6.61 Å². The van der Waals surface area contributed by atoms with E-state index in [1.807, 2.05) is 6.07 Å². The van der Waals surface area contributed by atoms with Crippen LogP contribution in [0, 0.1) is 13.8 Å². The maximum atomic E-state index is 11.0. The number of aryl methyl sites for hydroxylation is 2. The third kappa shape index (κ3) is 2.63. The molecule has 0 unspecified atom stereocenters. The van der Waals surface area contributed by atoms with Gasteiger partial charge in [0, 0.05) is 14.6 Å². The van der Waals surface area contributed by atoms with E-state index in [2.05, 4.69) is 19.9 Å². The third-order valence-electron chi connectivity index (χ3n) is 4.05. The van der Waals surface area contributed by atoms with Gasteiger partial charge in [-0.2, -0.15) is 0 Å². The summed E-state index contributed by atoms with van der Waals surface area (Å²) in [5, 5.41) is 9.34. The number of carbonyl (C=O) groups is 1. The lowest BCUT2D eigenvalue weighted by Gasteiger charge is -2.07. The number of carbonyl (C=O) groups excluding carboxylic acids is 1. The Bertz CT molecular complexity index is 719. The van der Waals surface area contributed by atoms with Crippen LogP contribution in [0.2, 0.25) is 0 Å². The Balaban J connectivity index is 2.11. The second-order valence-electron chi connectivity index (χ2n) is 5.39. The van der Waals surface area contributed by atoms with Crippen molar-refractivity contribution in [3.63, 3.8) is 0 Å². The molecular weight excluding hydrogens is 300 g/mol. The summed E-state index contributed by atoms with van der Waals surface area (Å²) in [5.74, 6) is 0. The normalized spacial score (nSPS) is 15.0. The zero-order valence-corrected chi connectivity index (χ0v) is 13.9. The van der Waals surface area contributed by atoms with Gasteiger partial charge in [-0.05, 0) is 67.5 Å². The number of allylic oxidation sites excluding steroid dienone is 2. The molecule has 2 aromatic rings. The Labute approximate surface area is 132 Å². The van der Waals surface area contributed by atoms with Crippen molar-refractivity contribution in [3.8, 4) is 0 Å². The summed E-state index contributed by atoms with van der Waals surface area (Å²) in [5.41, 5.74) is 5.32. The van der Waals surface area contributed by atoms with Crippen molar-refractivity contribution >= 4 is 40.1 Å². The maximum Gasteiger partial charge on any atom is 0.160 e. The first kappa shape index (κ1) is 14.7. The van der Waals surface area contributed by atoms with Gasteiger partial charge < -0.3 is 5.11 Å². The summed E-state index contributed by atoms with van der Waals surface area (Å²) in [6, 6.07) is 4.16. The Hall–Kier alpha value is -1.23. The first-order valence-corrected chi connectivity index (χ1v) is 8.76.